The Morgan fingerprint density at radius 2 is 1.78 bits per heavy atom. The minimum Gasteiger partial charge on any atom is -0.354 e. The van der Waals surface area contributed by atoms with Crippen molar-refractivity contribution in [2.75, 3.05) is 24.5 Å². The van der Waals surface area contributed by atoms with E-state index in [0.717, 1.165) is 30.3 Å². The number of nitrogens with one attached hydrogen (secondary N) is 1. The fourth-order valence-electron chi connectivity index (χ4n) is 2.32. The van der Waals surface area contributed by atoms with Crippen LogP contribution in [0.2, 0.25) is 10.0 Å². The second kappa shape index (κ2) is 7.41. The summed E-state index contributed by atoms with van der Waals surface area (Å²) in [6.45, 7) is 1.99. The molecule has 0 saturated heterocycles. The van der Waals surface area contributed by atoms with Crippen molar-refractivity contribution < 1.29 is 0 Å². The summed E-state index contributed by atoms with van der Waals surface area (Å²) >= 11 is 12.7. The van der Waals surface area contributed by atoms with Gasteiger partial charge in [0, 0.05) is 12.1 Å². The van der Waals surface area contributed by atoms with Crippen LogP contribution in [0, 0.1) is 11.8 Å². The quantitative estimate of drug-likeness (QED) is 0.839. The van der Waals surface area contributed by atoms with Crippen molar-refractivity contribution >= 4 is 34.8 Å². The number of benzene rings is 2. The molecule has 0 bridgehead atoms. The Bertz CT molecular complexity index is 756. The Morgan fingerprint density at radius 1 is 1.04 bits per heavy atom. The van der Waals surface area contributed by atoms with Gasteiger partial charge in [0.1, 0.15) is 0 Å². The smallest absolute Gasteiger partial charge is 0.199 e. The van der Waals surface area contributed by atoms with Crippen LogP contribution in [0.15, 0.2) is 53.5 Å². The topological polar surface area (TPSA) is 27.6 Å². The van der Waals surface area contributed by atoms with E-state index in [2.05, 4.69) is 22.2 Å². The largest absolute Gasteiger partial charge is 0.354 e. The lowest BCUT2D eigenvalue weighted by Crippen LogP contribution is -2.39. The first-order valence-corrected chi connectivity index (χ1v) is 8.05. The summed E-state index contributed by atoms with van der Waals surface area (Å²) in [7, 11) is 0. The van der Waals surface area contributed by atoms with Gasteiger partial charge in [-0.05, 0) is 24.3 Å². The van der Waals surface area contributed by atoms with E-state index in [-0.39, 0.29) is 0 Å². The Balaban J connectivity index is 1.90. The fourth-order valence-corrected chi connectivity index (χ4v) is 2.92. The van der Waals surface area contributed by atoms with Gasteiger partial charge in [0.05, 0.1) is 28.8 Å². The zero-order valence-electron chi connectivity index (χ0n) is 12.4. The number of aliphatic imine (C=N–C) groups is 1. The van der Waals surface area contributed by atoms with Crippen molar-refractivity contribution in [3.63, 3.8) is 0 Å². The molecule has 0 saturated carbocycles. The summed E-state index contributed by atoms with van der Waals surface area (Å²) in [6.07, 6.45) is 0. The van der Waals surface area contributed by atoms with Crippen molar-refractivity contribution in [3.8, 4) is 11.8 Å². The lowest BCUT2D eigenvalue weighted by atomic mass is 10.2. The molecule has 0 aromatic heterocycles. The highest BCUT2D eigenvalue weighted by molar-refractivity contribution is 6.40. The van der Waals surface area contributed by atoms with Gasteiger partial charge >= 0.3 is 0 Å². The van der Waals surface area contributed by atoms with Gasteiger partial charge in [0.2, 0.25) is 0 Å². The van der Waals surface area contributed by atoms with Gasteiger partial charge in [-0.2, -0.15) is 0 Å². The van der Waals surface area contributed by atoms with Crippen molar-refractivity contribution in [1.82, 2.24) is 5.32 Å². The van der Waals surface area contributed by atoms with Crippen molar-refractivity contribution in [3.05, 3.63) is 64.1 Å². The normalized spacial score (nSPS) is 12.9. The Kier molecular flexibility index (Phi) is 5.07. The lowest BCUT2D eigenvalue weighted by Gasteiger charge is -2.24. The summed E-state index contributed by atoms with van der Waals surface area (Å²) in [5, 5.41) is 4.41. The minimum absolute atomic E-state index is 0.449. The lowest BCUT2D eigenvalue weighted by molar-refractivity contribution is 0.947. The summed E-state index contributed by atoms with van der Waals surface area (Å²) < 4.78 is 0. The zero-order valence-corrected chi connectivity index (χ0v) is 13.9. The van der Waals surface area contributed by atoms with E-state index in [9.17, 15) is 0 Å². The molecule has 0 aliphatic carbocycles. The van der Waals surface area contributed by atoms with E-state index in [1.54, 1.807) is 0 Å². The van der Waals surface area contributed by atoms with Gasteiger partial charge in [-0.15, -0.1) is 0 Å². The molecule has 0 amide bonds. The van der Waals surface area contributed by atoms with Crippen molar-refractivity contribution in [1.29, 1.82) is 0 Å². The highest BCUT2D eigenvalue weighted by Gasteiger charge is 2.20. The van der Waals surface area contributed by atoms with Gasteiger partial charge < -0.3 is 5.32 Å². The number of hydrogen-bond donors (Lipinski definition) is 1. The van der Waals surface area contributed by atoms with E-state index in [1.807, 2.05) is 53.4 Å². The average molecular weight is 344 g/mol. The molecule has 1 aliphatic heterocycles. The third-order valence-electron chi connectivity index (χ3n) is 3.36. The van der Waals surface area contributed by atoms with E-state index < -0.39 is 0 Å². The Hall–Kier alpha value is -2.15. The highest BCUT2D eigenvalue weighted by atomic mass is 35.5. The number of rotatable bonds is 2. The molecule has 0 unspecified atom stereocenters. The Morgan fingerprint density at radius 3 is 2.43 bits per heavy atom. The van der Waals surface area contributed by atoms with E-state index in [1.165, 1.54) is 0 Å². The predicted molar refractivity (Wildman–Crippen MR) is 97.4 cm³/mol. The van der Waals surface area contributed by atoms with Crippen LogP contribution in [0.1, 0.15) is 5.56 Å². The molecular formula is C18H15Cl2N3. The van der Waals surface area contributed by atoms with E-state index in [4.69, 9.17) is 23.2 Å². The molecule has 23 heavy (non-hydrogen) atoms. The van der Waals surface area contributed by atoms with Crippen LogP contribution in [-0.2, 0) is 0 Å². The SMILES string of the molecule is Clc1cccc(Cl)c1N(CC#Cc1ccccc1)C1=NCCN1. The molecule has 3 nitrogen and oxygen atoms in total. The fraction of sp³-hybridized carbons (Fsp3) is 0.167. The maximum atomic E-state index is 6.34. The standard InChI is InChI=1S/C18H15Cl2N3/c19-15-9-4-10-16(20)17(15)23(18-21-11-12-22-18)13-5-8-14-6-2-1-3-7-14/h1-4,6-7,9-10H,11-13H2,(H,21,22). The number of nitrogens with zero attached hydrogens (tertiary/aromatic N) is 2. The molecule has 0 spiro atoms. The number of halogens is 2. The van der Waals surface area contributed by atoms with Crippen LogP contribution in [0.4, 0.5) is 5.69 Å². The molecule has 5 heteroatoms. The molecule has 1 N–H and O–H groups in total. The molecular weight excluding hydrogens is 329 g/mol. The molecule has 0 fully saturated rings. The Labute approximate surface area is 145 Å². The number of anilines is 1. The van der Waals surface area contributed by atoms with Crippen molar-refractivity contribution in [2.24, 2.45) is 4.99 Å². The first kappa shape index (κ1) is 15.7. The maximum absolute atomic E-state index is 6.34. The molecule has 3 rings (SSSR count). The average Bonchev–Trinajstić information content (AvgIpc) is 3.08. The van der Waals surface area contributed by atoms with Crippen LogP contribution in [0.25, 0.3) is 0 Å². The number of para-hydroxylation sites is 1. The summed E-state index contributed by atoms with van der Waals surface area (Å²) in [5.41, 5.74) is 1.70. The van der Waals surface area contributed by atoms with E-state index in [0.29, 0.717) is 16.6 Å². The predicted octanol–water partition coefficient (Wildman–Crippen LogP) is 3.81. The molecule has 1 heterocycles. The highest BCUT2D eigenvalue weighted by Crippen LogP contribution is 2.33. The third-order valence-corrected chi connectivity index (χ3v) is 3.97. The molecule has 1 aliphatic rings. The molecule has 116 valence electrons. The van der Waals surface area contributed by atoms with Crippen LogP contribution in [0.5, 0.6) is 0 Å². The van der Waals surface area contributed by atoms with Gasteiger partial charge in [0.25, 0.3) is 0 Å². The van der Waals surface area contributed by atoms with Gasteiger partial charge in [-0.1, -0.05) is 59.3 Å². The van der Waals surface area contributed by atoms with E-state index >= 15 is 0 Å². The van der Waals surface area contributed by atoms with Crippen LogP contribution >= 0.6 is 23.2 Å². The summed E-state index contributed by atoms with van der Waals surface area (Å²) in [4.78, 5) is 6.39. The molecule has 0 radical (unpaired) electrons. The second-order valence-electron chi connectivity index (χ2n) is 4.96. The first-order chi connectivity index (χ1) is 11.3. The molecule has 0 atom stereocenters. The van der Waals surface area contributed by atoms with Gasteiger partial charge in [-0.25, -0.2) is 0 Å². The second-order valence-corrected chi connectivity index (χ2v) is 5.77. The molecule has 2 aromatic rings. The van der Waals surface area contributed by atoms with Crippen LogP contribution < -0.4 is 10.2 Å². The molecule has 2 aromatic carbocycles. The van der Waals surface area contributed by atoms with Gasteiger partial charge in [-0.3, -0.25) is 9.89 Å². The van der Waals surface area contributed by atoms with Gasteiger partial charge in [0.15, 0.2) is 5.96 Å². The van der Waals surface area contributed by atoms with Crippen LogP contribution in [-0.4, -0.2) is 25.6 Å². The zero-order chi connectivity index (χ0) is 16.1. The van der Waals surface area contributed by atoms with Crippen LogP contribution in [0.3, 0.4) is 0 Å². The van der Waals surface area contributed by atoms with Crippen molar-refractivity contribution in [2.45, 2.75) is 0 Å². The number of hydrogen-bond acceptors (Lipinski definition) is 3. The first-order valence-electron chi connectivity index (χ1n) is 7.29. The minimum atomic E-state index is 0.449. The maximum Gasteiger partial charge on any atom is 0.199 e. The monoisotopic (exact) mass is 343 g/mol. The summed E-state index contributed by atoms with van der Waals surface area (Å²) in [6, 6.07) is 15.3. The number of guanidine groups is 1. The summed E-state index contributed by atoms with van der Waals surface area (Å²) in [5.74, 6) is 7.07. The third kappa shape index (κ3) is 3.79.